The van der Waals surface area contributed by atoms with Gasteiger partial charge in [-0.05, 0) is 31.5 Å². The van der Waals surface area contributed by atoms with Crippen molar-refractivity contribution in [1.29, 1.82) is 0 Å². The number of nitrogens with one attached hydrogen (secondary N) is 2. The summed E-state index contributed by atoms with van der Waals surface area (Å²) in [5.74, 6) is 0.188. The number of rotatable bonds is 5. The van der Waals surface area contributed by atoms with Gasteiger partial charge in [0.1, 0.15) is 0 Å². The molecule has 2 heterocycles. The third-order valence-electron chi connectivity index (χ3n) is 4.79. The van der Waals surface area contributed by atoms with Gasteiger partial charge in [-0.2, -0.15) is 0 Å². The van der Waals surface area contributed by atoms with Crippen molar-refractivity contribution in [3.8, 4) is 0 Å². The Hall–Kier alpha value is -0.850. The van der Waals surface area contributed by atoms with Crippen LogP contribution in [0, 0.1) is 0 Å². The third-order valence-corrected chi connectivity index (χ3v) is 4.79. The van der Waals surface area contributed by atoms with E-state index in [1.165, 1.54) is 5.56 Å². The number of halogens is 2. The van der Waals surface area contributed by atoms with Gasteiger partial charge in [0.25, 0.3) is 0 Å². The van der Waals surface area contributed by atoms with Crippen molar-refractivity contribution < 1.29 is 4.79 Å². The fourth-order valence-electron chi connectivity index (χ4n) is 3.39. The Balaban J connectivity index is 0.00000156. The molecule has 2 aliphatic heterocycles. The monoisotopic (exact) mass is 388 g/mol. The number of hydrogen-bond acceptors (Lipinski definition) is 4. The molecule has 7 heteroatoms. The topological polar surface area (TPSA) is 47.6 Å². The van der Waals surface area contributed by atoms with Gasteiger partial charge in [0.05, 0.1) is 6.54 Å². The lowest BCUT2D eigenvalue weighted by molar-refractivity contribution is -0.123. The first-order chi connectivity index (χ1) is 11.3. The highest BCUT2D eigenvalue weighted by atomic mass is 35.5. The van der Waals surface area contributed by atoms with Crippen LogP contribution in [0.3, 0.4) is 0 Å². The molecule has 2 aliphatic rings. The van der Waals surface area contributed by atoms with Gasteiger partial charge in [0, 0.05) is 38.8 Å². The van der Waals surface area contributed by atoms with Gasteiger partial charge in [0.2, 0.25) is 5.91 Å². The Bertz CT molecular complexity index is 489. The lowest BCUT2D eigenvalue weighted by Gasteiger charge is -2.34. The number of amides is 1. The SMILES string of the molecule is Cl.Cl.O=C(CN1CCN(Cc2ccccc2)CC1)NC1CCNCC1. The Morgan fingerprint density at radius 2 is 1.60 bits per heavy atom. The minimum absolute atomic E-state index is 0. The van der Waals surface area contributed by atoms with Gasteiger partial charge < -0.3 is 10.6 Å². The number of benzene rings is 1. The quantitative estimate of drug-likeness (QED) is 0.802. The Kier molecular flexibility index (Phi) is 10.4. The lowest BCUT2D eigenvalue weighted by atomic mass is 10.1. The molecule has 5 nitrogen and oxygen atoms in total. The van der Waals surface area contributed by atoms with Crippen LogP contribution in [0.5, 0.6) is 0 Å². The smallest absolute Gasteiger partial charge is 0.234 e. The maximum absolute atomic E-state index is 12.2. The number of carbonyl (C=O) groups excluding carboxylic acids is 1. The van der Waals surface area contributed by atoms with Crippen molar-refractivity contribution in [2.75, 3.05) is 45.8 Å². The molecule has 3 rings (SSSR count). The number of carbonyl (C=O) groups is 1. The summed E-state index contributed by atoms with van der Waals surface area (Å²) in [4.78, 5) is 16.9. The van der Waals surface area contributed by atoms with Crippen LogP contribution in [0.4, 0.5) is 0 Å². The number of piperazine rings is 1. The first-order valence-electron chi connectivity index (χ1n) is 8.78. The molecular weight excluding hydrogens is 359 g/mol. The highest BCUT2D eigenvalue weighted by Crippen LogP contribution is 2.08. The first kappa shape index (κ1) is 22.2. The van der Waals surface area contributed by atoms with E-state index in [1.807, 2.05) is 0 Å². The van der Waals surface area contributed by atoms with Gasteiger partial charge in [-0.3, -0.25) is 14.6 Å². The molecule has 1 amide bonds. The van der Waals surface area contributed by atoms with Crippen LogP contribution in [0.25, 0.3) is 0 Å². The summed E-state index contributed by atoms with van der Waals surface area (Å²) in [6, 6.07) is 11.0. The van der Waals surface area contributed by atoms with Gasteiger partial charge >= 0.3 is 0 Å². The highest BCUT2D eigenvalue weighted by molar-refractivity contribution is 5.85. The molecular formula is C18H30Cl2N4O. The van der Waals surface area contributed by atoms with Crippen LogP contribution >= 0.6 is 24.8 Å². The van der Waals surface area contributed by atoms with Gasteiger partial charge in [-0.15, -0.1) is 24.8 Å². The maximum atomic E-state index is 12.2. The van der Waals surface area contributed by atoms with Crippen molar-refractivity contribution in [3.63, 3.8) is 0 Å². The summed E-state index contributed by atoms with van der Waals surface area (Å²) >= 11 is 0. The highest BCUT2D eigenvalue weighted by Gasteiger charge is 2.21. The molecule has 25 heavy (non-hydrogen) atoms. The Labute approximate surface area is 163 Å². The fraction of sp³-hybridized carbons (Fsp3) is 0.611. The minimum atomic E-state index is 0. The van der Waals surface area contributed by atoms with Crippen LogP contribution in [0.15, 0.2) is 30.3 Å². The maximum Gasteiger partial charge on any atom is 0.234 e. The summed E-state index contributed by atoms with van der Waals surface area (Å²) in [6.45, 7) is 7.62. The summed E-state index contributed by atoms with van der Waals surface area (Å²) in [5, 5.41) is 6.51. The van der Waals surface area contributed by atoms with Gasteiger partial charge in [-0.1, -0.05) is 30.3 Å². The molecule has 1 aromatic rings. The zero-order valence-electron chi connectivity index (χ0n) is 14.7. The molecule has 2 N–H and O–H groups in total. The van der Waals surface area contributed by atoms with Crippen LogP contribution in [-0.2, 0) is 11.3 Å². The number of nitrogens with zero attached hydrogens (tertiary/aromatic N) is 2. The molecule has 0 unspecified atom stereocenters. The van der Waals surface area contributed by atoms with E-state index in [4.69, 9.17) is 0 Å². The Morgan fingerprint density at radius 3 is 2.24 bits per heavy atom. The van der Waals surface area contributed by atoms with Crippen molar-refractivity contribution in [3.05, 3.63) is 35.9 Å². The van der Waals surface area contributed by atoms with Crippen molar-refractivity contribution in [2.24, 2.45) is 0 Å². The summed E-state index contributed by atoms with van der Waals surface area (Å²) in [5.41, 5.74) is 1.37. The van der Waals surface area contributed by atoms with Crippen LogP contribution < -0.4 is 10.6 Å². The van der Waals surface area contributed by atoms with Crippen molar-refractivity contribution >= 4 is 30.7 Å². The molecule has 1 aromatic carbocycles. The van der Waals surface area contributed by atoms with E-state index < -0.39 is 0 Å². The summed E-state index contributed by atoms with van der Waals surface area (Å²) in [6.07, 6.45) is 2.10. The predicted molar refractivity (Wildman–Crippen MR) is 107 cm³/mol. The molecule has 0 saturated carbocycles. The number of piperidine rings is 1. The van der Waals surface area contributed by atoms with E-state index in [0.29, 0.717) is 12.6 Å². The van der Waals surface area contributed by atoms with E-state index in [0.717, 1.165) is 58.7 Å². The average molecular weight is 389 g/mol. The molecule has 0 spiro atoms. The molecule has 2 fully saturated rings. The van der Waals surface area contributed by atoms with Crippen molar-refractivity contribution in [1.82, 2.24) is 20.4 Å². The lowest BCUT2D eigenvalue weighted by Crippen LogP contribution is -2.51. The predicted octanol–water partition coefficient (Wildman–Crippen LogP) is 1.52. The fourth-order valence-corrected chi connectivity index (χ4v) is 3.39. The second kappa shape index (κ2) is 11.7. The van der Waals surface area contributed by atoms with E-state index >= 15 is 0 Å². The van der Waals surface area contributed by atoms with Crippen LogP contribution in [0.1, 0.15) is 18.4 Å². The minimum Gasteiger partial charge on any atom is -0.352 e. The first-order valence-corrected chi connectivity index (χ1v) is 8.78. The normalized spacial score (nSPS) is 19.5. The third kappa shape index (κ3) is 7.50. The van der Waals surface area contributed by atoms with Gasteiger partial charge in [-0.25, -0.2) is 0 Å². The molecule has 0 bridgehead atoms. The van der Waals surface area contributed by atoms with E-state index in [-0.39, 0.29) is 30.7 Å². The molecule has 0 aliphatic carbocycles. The zero-order chi connectivity index (χ0) is 15.9. The summed E-state index contributed by atoms with van der Waals surface area (Å²) in [7, 11) is 0. The molecule has 0 radical (unpaired) electrons. The zero-order valence-corrected chi connectivity index (χ0v) is 16.3. The van der Waals surface area contributed by atoms with Crippen molar-refractivity contribution in [2.45, 2.75) is 25.4 Å². The number of hydrogen-bond donors (Lipinski definition) is 2. The largest absolute Gasteiger partial charge is 0.352 e. The van der Waals surface area contributed by atoms with E-state index in [2.05, 4.69) is 50.8 Å². The van der Waals surface area contributed by atoms with E-state index in [1.54, 1.807) is 0 Å². The molecule has 2 saturated heterocycles. The average Bonchev–Trinajstić information content (AvgIpc) is 2.58. The van der Waals surface area contributed by atoms with Gasteiger partial charge in [0.15, 0.2) is 0 Å². The van der Waals surface area contributed by atoms with E-state index in [9.17, 15) is 4.79 Å². The molecule has 0 aromatic heterocycles. The second-order valence-corrected chi connectivity index (χ2v) is 6.63. The standard InChI is InChI=1S/C18H28N4O.2ClH/c23-18(20-17-6-8-19-9-7-17)15-22-12-10-21(11-13-22)14-16-4-2-1-3-5-16;;/h1-5,17,19H,6-15H2,(H,20,23);2*1H. The molecule has 142 valence electrons. The van der Waals surface area contributed by atoms with Crippen LogP contribution in [0.2, 0.25) is 0 Å². The molecule has 0 atom stereocenters. The van der Waals surface area contributed by atoms with Crippen LogP contribution in [-0.4, -0.2) is 67.6 Å². The summed E-state index contributed by atoms with van der Waals surface area (Å²) < 4.78 is 0. The second-order valence-electron chi connectivity index (χ2n) is 6.63. The Morgan fingerprint density at radius 1 is 1.00 bits per heavy atom.